The van der Waals surface area contributed by atoms with E-state index in [9.17, 15) is 0 Å². The van der Waals surface area contributed by atoms with Gasteiger partial charge < -0.3 is 5.32 Å². The molecule has 1 aromatic heterocycles. The number of hydrogen-bond donors (Lipinski definition) is 1. The molecule has 0 amide bonds. The summed E-state index contributed by atoms with van der Waals surface area (Å²) in [4.78, 5) is 7.40. The van der Waals surface area contributed by atoms with Gasteiger partial charge in [0, 0.05) is 17.5 Å². The Labute approximate surface area is 143 Å². The number of nitrogens with zero attached hydrogens (tertiary/aromatic N) is 2. The monoisotopic (exact) mass is 329 g/mol. The number of benzene rings is 1. The number of thiazole rings is 1. The summed E-state index contributed by atoms with van der Waals surface area (Å²) in [6.45, 7) is 6.70. The number of aromatic nitrogens is 1. The molecule has 1 aliphatic heterocycles. The molecule has 1 N–H and O–H groups in total. The SMILES string of the molecule is CNCCC1CCN(Cc2csc(-c3ccc(C)cc3)n2)CC1. The van der Waals surface area contributed by atoms with Gasteiger partial charge in [-0.15, -0.1) is 11.3 Å². The number of likely N-dealkylation sites (tertiary alicyclic amines) is 1. The fraction of sp³-hybridized carbons (Fsp3) is 0.526. The van der Waals surface area contributed by atoms with Crippen molar-refractivity contribution in [1.29, 1.82) is 0 Å². The maximum Gasteiger partial charge on any atom is 0.123 e. The zero-order valence-electron chi connectivity index (χ0n) is 14.2. The van der Waals surface area contributed by atoms with E-state index in [-0.39, 0.29) is 0 Å². The molecule has 3 rings (SSSR count). The summed E-state index contributed by atoms with van der Waals surface area (Å²) in [7, 11) is 2.04. The van der Waals surface area contributed by atoms with Crippen LogP contribution in [0.1, 0.15) is 30.5 Å². The van der Waals surface area contributed by atoms with Crippen molar-refractivity contribution in [2.75, 3.05) is 26.7 Å². The Morgan fingerprint density at radius 1 is 1.22 bits per heavy atom. The largest absolute Gasteiger partial charge is 0.320 e. The lowest BCUT2D eigenvalue weighted by Crippen LogP contribution is -2.34. The Morgan fingerprint density at radius 3 is 2.65 bits per heavy atom. The number of hydrogen-bond acceptors (Lipinski definition) is 4. The van der Waals surface area contributed by atoms with E-state index in [0.717, 1.165) is 24.0 Å². The van der Waals surface area contributed by atoms with Gasteiger partial charge in [0.1, 0.15) is 5.01 Å². The number of rotatable bonds is 6. The third-order valence-electron chi connectivity index (χ3n) is 4.75. The number of nitrogens with one attached hydrogen (secondary N) is 1. The minimum absolute atomic E-state index is 0.900. The molecule has 1 aliphatic rings. The maximum atomic E-state index is 4.84. The van der Waals surface area contributed by atoms with E-state index in [0.29, 0.717) is 0 Å². The lowest BCUT2D eigenvalue weighted by Gasteiger charge is -2.31. The fourth-order valence-electron chi connectivity index (χ4n) is 3.22. The lowest BCUT2D eigenvalue weighted by molar-refractivity contribution is 0.171. The molecule has 124 valence electrons. The maximum absolute atomic E-state index is 4.84. The van der Waals surface area contributed by atoms with Gasteiger partial charge in [0.25, 0.3) is 0 Å². The second kappa shape index (κ2) is 8.04. The fourth-order valence-corrected chi connectivity index (χ4v) is 4.04. The average molecular weight is 330 g/mol. The highest BCUT2D eigenvalue weighted by Crippen LogP contribution is 2.26. The third-order valence-corrected chi connectivity index (χ3v) is 5.69. The minimum Gasteiger partial charge on any atom is -0.320 e. The summed E-state index contributed by atoms with van der Waals surface area (Å²) in [5.41, 5.74) is 3.75. The molecule has 2 heterocycles. The Balaban J connectivity index is 1.53. The Kier molecular flexibility index (Phi) is 5.81. The van der Waals surface area contributed by atoms with E-state index in [4.69, 9.17) is 4.98 Å². The van der Waals surface area contributed by atoms with Gasteiger partial charge in [-0.3, -0.25) is 4.90 Å². The molecular weight excluding hydrogens is 302 g/mol. The van der Waals surface area contributed by atoms with Crippen LogP contribution in [0, 0.1) is 12.8 Å². The van der Waals surface area contributed by atoms with Gasteiger partial charge in [-0.1, -0.05) is 29.8 Å². The number of piperidine rings is 1. The predicted octanol–water partition coefficient (Wildman–Crippen LogP) is 3.94. The first-order valence-electron chi connectivity index (χ1n) is 8.63. The van der Waals surface area contributed by atoms with Gasteiger partial charge >= 0.3 is 0 Å². The topological polar surface area (TPSA) is 28.2 Å². The van der Waals surface area contributed by atoms with Crippen LogP contribution in [0.25, 0.3) is 10.6 Å². The molecule has 0 bridgehead atoms. The van der Waals surface area contributed by atoms with E-state index in [1.54, 1.807) is 11.3 Å². The lowest BCUT2D eigenvalue weighted by atomic mass is 9.93. The van der Waals surface area contributed by atoms with Crippen molar-refractivity contribution in [3.8, 4) is 10.6 Å². The summed E-state index contributed by atoms with van der Waals surface area (Å²) < 4.78 is 0. The van der Waals surface area contributed by atoms with Gasteiger partial charge in [-0.25, -0.2) is 4.98 Å². The summed E-state index contributed by atoms with van der Waals surface area (Å²) >= 11 is 1.76. The highest BCUT2D eigenvalue weighted by Gasteiger charge is 2.19. The molecule has 0 spiro atoms. The summed E-state index contributed by atoms with van der Waals surface area (Å²) in [5.74, 6) is 0.900. The molecule has 0 aliphatic carbocycles. The van der Waals surface area contributed by atoms with Crippen molar-refractivity contribution in [3.05, 3.63) is 40.9 Å². The predicted molar refractivity (Wildman–Crippen MR) is 98.8 cm³/mol. The van der Waals surface area contributed by atoms with Crippen LogP contribution in [0.3, 0.4) is 0 Å². The second-order valence-electron chi connectivity index (χ2n) is 6.62. The van der Waals surface area contributed by atoms with Crippen LogP contribution in [0.4, 0.5) is 0 Å². The Morgan fingerprint density at radius 2 is 1.96 bits per heavy atom. The van der Waals surface area contributed by atoms with Crippen LogP contribution < -0.4 is 5.32 Å². The first kappa shape index (κ1) is 16.6. The average Bonchev–Trinajstić information content (AvgIpc) is 3.03. The molecule has 1 fully saturated rings. The van der Waals surface area contributed by atoms with E-state index in [1.807, 2.05) is 7.05 Å². The van der Waals surface area contributed by atoms with Gasteiger partial charge in [0.05, 0.1) is 5.69 Å². The zero-order valence-corrected chi connectivity index (χ0v) is 15.0. The van der Waals surface area contributed by atoms with Gasteiger partial charge in [0.15, 0.2) is 0 Å². The highest BCUT2D eigenvalue weighted by atomic mass is 32.1. The molecule has 1 saturated heterocycles. The summed E-state index contributed by atoms with van der Waals surface area (Å²) in [6.07, 6.45) is 3.98. The van der Waals surface area contributed by atoms with E-state index >= 15 is 0 Å². The van der Waals surface area contributed by atoms with Crippen LogP contribution >= 0.6 is 11.3 Å². The molecule has 2 aromatic rings. The smallest absolute Gasteiger partial charge is 0.123 e. The van der Waals surface area contributed by atoms with Crippen LogP contribution in [0.2, 0.25) is 0 Å². The minimum atomic E-state index is 0.900. The van der Waals surface area contributed by atoms with Crippen molar-refractivity contribution in [1.82, 2.24) is 15.2 Å². The Hall–Kier alpha value is -1.23. The van der Waals surface area contributed by atoms with Crippen molar-refractivity contribution in [2.24, 2.45) is 5.92 Å². The molecule has 0 radical (unpaired) electrons. The molecular formula is C19H27N3S. The van der Waals surface area contributed by atoms with Crippen molar-refractivity contribution in [2.45, 2.75) is 32.7 Å². The number of aryl methyl sites for hydroxylation is 1. The standard InChI is InChI=1S/C19H27N3S/c1-15-3-5-17(6-4-15)19-21-18(14-23-19)13-22-11-8-16(9-12-22)7-10-20-2/h3-6,14,16,20H,7-13H2,1-2H3. The van der Waals surface area contributed by atoms with Crippen LogP contribution in [-0.2, 0) is 6.54 Å². The van der Waals surface area contributed by atoms with Gasteiger partial charge in [0.2, 0.25) is 0 Å². The van der Waals surface area contributed by atoms with E-state index in [1.165, 1.54) is 49.2 Å². The Bertz CT molecular complexity index is 597. The van der Waals surface area contributed by atoms with Crippen molar-refractivity contribution in [3.63, 3.8) is 0 Å². The summed E-state index contributed by atoms with van der Waals surface area (Å²) in [5, 5.41) is 6.63. The molecule has 0 unspecified atom stereocenters. The molecule has 4 heteroatoms. The summed E-state index contributed by atoms with van der Waals surface area (Å²) in [6, 6.07) is 8.66. The van der Waals surface area contributed by atoms with E-state index in [2.05, 4.69) is 46.8 Å². The first-order valence-corrected chi connectivity index (χ1v) is 9.51. The van der Waals surface area contributed by atoms with E-state index < -0.39 is 0 Å². The normalized spacial score (nSPS) is 16.8. The molecule has 0 saturated carbocycles. The molecule has 0 atom stereocenters. The van der Waals surface area contributed by atoms with Crippen LogP contribution in [0.5, 0.6) is 0 Å². The quantitative estimate of drug-likeness (QED) is 0.870. The van der Waals surface area contributed by atoms with Crippen molar-refractivity contribution < 1.29 is 0 Å². The van der Waals surface area contributed by atoms with Crippen LogP contribution in [-0.4, -0.2) is 36.6 Å². The van der Waals surface area contributed by atoms with Gasteiger partial charge in [-0.05, 0) is 58.8 Å². The second-order valence-corrected chi connectivity index (χ2v) is 7.48. The third kappa shape index (κ3) is 4.63. The van der Waals surface area contributed by atoms with Crippen LogP contribution in [0.15, 0.2) is 29.6 Å². The molecule has 3 nitrogen and oxygen atoms in total. The molecule has 1 aromatic carbocycles. The molecule has 23 heavy (non-hydrogen) atoms. The van der Waals surface area contributed by atoms with Crippen molar-refractivity contribution >= 4 is 11.3 Å². The first-order chi connectivity index (χ1) is 11.2. The highest BCUT2D eigenvalue weighted by molar-refractivity contribution is 7.13. The zero-order chi connectivity index (χ0) is 16.1. The van der Waals surface area contributed by atoms with Gasteiger partial charge in [-0.2, -0.15) is 0 Å².